The van der Waals surface area contributed by atoms with Gasteiger partial charge in [0.25, 0.3) is 5.72 Å². The Balaban J connectivity index is 2.29. The fraction of sp³-hybridized carbons (Fsp3) is 0.875. The molecule has 2 heterocycles. The number of aliphatic hydroxyl groups is 4. The molecule has 5 atom stereocenters. The Hall–Kier alpha value is -0.810. The van der Waals surface area contributed by atoms with Crippen LogP contribution in [-0.4, -0.2) is 63.0 Å². The van der Waals surface area contributed by atoms with Crippen molar-refractivity contribution in [1.29, 1.82) is 0 Å². The highest BCUT2D eigenvalue weighted by Gasteiger charge is 2.76. The maximum absolute atomic E-state index is 11.0. The van der Waals surface area contributed by atoms with E-state index in [4.69, 9.17) is 9.84 Å². The topological polar surface area (TPSA) is 138 Å². The Kier molecular flexibility index (Phi) is 2.86. The molecule has 0 aromatic heterocycles. The zero-order valence-electron chi connectivity index (χ0n) is 8.86. The van der Waals surface area contributed by atoms with Crippen LogP contribution in [0.1, 0.15) is 6.92 Å². The minimum absolute atomic E-state index is 0.635. The van der Waals surface area contributed by atoms with Crippen LogP contribution in [0.15, 0.2) is 0 Å². The minimum atomic E-state index is -2.45. The van der Waals surface area contributed by atoms with Crippen LogP contribution >= 0.6 is 0 Å². The molecule has 9 nitrogen and oxygen atoms in total. The van der Waals surface area contributed by atoms with Gasteiger partial charge in [-0.2, -0.15) is 9.78 Å². The molecule has 2 rings (SSSR count). The van der Waals surface area contributed by atoms with Gasteiger partial charge in [0.15, 0.2) is 0 Å². The molecule has 2 aliphatic rings. The summed E-state index contributed by atoms with van der Waals surface area (Å²) in [6.07, 6.45) is -4.55. The van der Waals surface area contributed by atoms with E-state index >= 15 is 0 Å². The maximum Gasteiger partial charge on any atom is 0.365 e. The van der Waals surface area contributed by atoms with Crippen molar-refractivity contribution >= 4 is 5.91 Å². The number of hydrogen-bond acceptors (Lipinski definition) is 8. The van der Waals surface area contributed by atoms with Crippen molar-refractivity contribution < 1.29 is 39.7 Å². The van der Waals surface area contributed by atoms with Crippen LogP contribution in [0.3, 0.4) is 0 Å². The first kappa shape index (κ1) is 12.6. The second-order valence-electron chi connectivity index (χ2n) is 3.94. The summed E-state index contributed by atoms with van der Waals surface area (Å²) in [5.74, 6) is -3.09. The molecule has 1 amide bonds. The predicted molar refractivity (Wildman–Crippen MR) is 47.6 cm³/mol. The molecule has 2 aliphatic heterocycles. The quantitative estimate of drug-likeness (QED) is 0.319. The summed E-state index contributed by atoms with van der Waals surface area (Å²) in [7, 11) is 0. The SMILES string of the molecule is CC(=O)N[C@@]12OO[C@]1(O)O[C@H](CO)[C@@H](O)[C@@H]2O. The summed E-state index contributed by atoms with van der Waals surface area (Å²) in [5.41, 5.74) is -2.11. The molecule has 0 radical (unpaired) electrons. The van der Waals surface area contributed by atoms with Crippen LogP contribution in [0.25, 0.3) is 0 Å². The van der Waals surface area contributed by atoms with E-state index in [9.17, 15) is 20.1 Å². The first-order valence-electron chi connectivity index (χ1n) is 4.89. The van der Waals surface area contributed by atoms with Crippen molar-refractivity contribution in [1.82, 2.24) is 5.32 Å². The van der Waals surface area contributed by atoms with Crippen molar-refractivity contribution in [3.8, 4) is 0 Å². The van der Waals surface area contributed by atoms with Crippen LogP contribution in [-0.2, 0) is 19.3 Å². The zero-order chi connectivity index (χ0) is 12.8. The maximum atomic E-state index is 11.0. The van der Waals surface area contributed by atoms with Gasteiger partial charge in [-0.3, -0.25) is 4.79 Å². The third-order valence-corrected chi connectivity index (χ3v) is 2.73. The van der Waals surface area contributed by atoms with E-state index in [0.717, 1.165) is 6.92 Å². The van der Waals surface area contributed by atoms with E-state index in [1.54, 1.807) is 0 Å². The van der Waals surface area contributed by atoms with Crippen molar-refractivity contribution in [3.05, 3.63) is 0 Å². The number of ether oxygens (including phenoxy) is 1. The largest absolute Gasteiger partial charge is 0.394 e. The Morgan fingerprint density at radius 3 is 2.47 bits per heavy atom. The fourth-order valence-electron chi connectivity index (χ4n) is 1.85. The lowest BCUT2D eigenvalue weighted by atomic mass is 9.90. The molecule has 98 valence electrons. The van der Waals surface area contributed by atoms with E-state index in [-0.39, 0.29) is 0 Å². The van der Waals surface area contributed by atoms with Gasteiger partial charge in [0, 0.05) is 6.92 Å². The normalized spacial score (nSPS) is 49.1. The number of amides is 1. The Labute approximate surface area is 95.4 Å². The van der Waals surface area contributed by atoms with Crippen molar-refractivity contribution in [3.63, 3.8) is 0 Å². The number of hydrogen-bond donors (Lipinski definition) is 5. The second kappa shape index (κ2) is 3.85. The van der Waals surface area contributed by atoms with Crippen molar-refractivity contribution in [2.75, 3.05) is 6.61 Å². The third-order valence-electron chi connectivity index (χ3n) is 2.73. The van der Waals surface area contributed by atoms with E-state index in [1.807, 2.05) is 0 Å². The first-order chi connectivity index (χ1) is 7.86. The number of carbonyl (C=O) groups is 1. The standard InChI is InChI=1S/C8H13NO8/c1-3(11)9-7-6(13)5(12)4(2-10)15-8(7,14)17-16-7/h4-6,10,12-14H,2H2,1H3,(H,9,11)/t4-,5-,6+,7+,8-/m1/s1. The zero-order valence-corrected chi connectivity index (χ0v) is 8.86. The number of nitrogens with one attached hydrogen (secondary N) is 1. The highest BCUT2D eigenvalue weighted by Crippen LogP contribution is 2.46. The summed E-state index contributed by atoms with van der Waals surface area (Å²) >= 11 is 0. The lowest BCUT2D eigenvalue weighted by molar-refractivity contribution is -0.696. The second-order valence-corrected chi connectivity index (χ2v) is 3.94. The fourth-order valence-corrected chi connectivity index (χ4v) is 1.85. The lowest BCUT2D eigenvalue weighted by Crippen LogP contribution is -2.86. The van der Waals surface area contributed by atoms with Gasteiger partial charge in [0.2, 0.25) is 5.91 Å². The molecule has 0 aromatic carbocycles. The number of aliphatic hydroxyl groups excluding tert-OH is 3. The minimum Gasteiger partial charge on any atom is -0.394 e. The molecule has 2 saturated heterocycles. The van der Waals surface area contributed by atoms with Gasteiger partial charge >= 0.3 is 5.97 Å². The monoisotopic (exact) mass is 251 g/mol. The number of fused-ring (bicyclic) bond motifs is 1. The van der Waals surface area contributed by atoms with E-state index in [2.05, 4.69) is 15.1 Å². The van der Waals surface area contributed by atoms with Gasteiger partial charge in [0.1, 0.15) is 18.3 Å². The van der Waals surface area contributed by atoms with Gasteiger partial charge < -0.3 is 30.5 Å². The van der Waals surface area contributed by atoms with Crippen LogP contribution in [0.2, 0.25) is 0 Å². The van der Waals surface area contributed by atoms with Gasteiger partial charge in [-0.05, 0) is 0 Å². The first-order valence-corrected chi connectivity index (χ1v) is 4.89. The molecule has 0 aliphatic carbocycles. The van der Waals surface area contributed by atoms with Crippen LogP contribution in [0, 0.1) is 0 Å². The van der Waals surface area contributed by atoms with Crippen molar-refractivity contribution in [2.45, 2.75) is 36.9 Å². The highest BCUT2D eigenvalue weighted by atomic mass is 17.3. The Morgan fingerprint density at radius 2 is 2.06 bits per heavy atom. The smallest absolute Gasteiger partial charge is 0.365 e. The molecule has 0 spiro atoms. The molecule has 9 heteroatoms. The average Bonchev–Trinajstić information content (AvgIpc) is 2.27. The molecular weight excluding hydrogens is 238 g/mol. The third kappa shape index (κ3) is 1.56. The molecule has 0 bridgehead atoms. The molecule has 0 aromatic rings. The van der Waals surface area contributed by atoms with Crippen LogP contribution < -0.4 is 5.32 Å². The van der Waals surface area contributed by atoms with Crippen molar-refractivity contribution in [2.24, 2.45) is 0 Å². The Bertz CT molecular complexity index is 337. The van der Waals surface area contributed by atoms with Gasteiger partial charge in [-0.1, -0.05) is 0 Å². The summed E-state index contributed by atoms with van der Waals surface area (Å²) in [6, 6.07) is 0. The van der Waals surface area contributed by atoms with E-state index in [1.165, 1.54) is 0 Å². The molecule has 2 fully saturated rings. The Morgan fingerprint density at radius 1 is 1.41 bits per heavy atom. The summed E-state index contributed by atoms with van der Waals surface area (Å²) < 4.78 is 4.84. The number of rotatable bonds is 2. The van der Waals surface area contributed by atoms with E-state index in [0.29, 0.717) is 0 Å². The predicted octanol–water partition coefficient (Wildman–Crippen LogP) is -3.46. The van der Waals surface area contributed by atoms with E-state index < -0.39 is 42.5 Å². The molecule has 17 heavy (non-hydrogen) atoms. The lowest BCUT2D eigenvalue weighted by Gasteiger charge is -2.58. The van der Waals surface area contributed by atoms with Gasteiger partial charge in [-0.25, -0.2) is 0 Å². The molecule has 5 N–H and O–H groups in total. The van der Waals surface area contributed by atoms with Crippen LogP contribution in [0.5, 0.6) is 0 Å². The summed E-state index contributed by atoms with van der Waals surface area (Å²) in [6.45, 7) is 0.466. The summed E-state index contributed by atoms with van der Waals surface area (Å²) in [5, 5.41) is 40.3. The van der Waals surface area contributed by atoms with Gasteiger partial charge in [-0.15, -0.1) is 0 Å². The highest BCUT2D eigenvalue weighted by molar-refractivity contribution is 5.74. The van der Waals surface area contributed by atoms with Gasteiger partial charge in [0.05, 0.1) is 6.61 Å². The number of carbonyl (C=O) groups excluding carboxylic acids is 1. The molecular formula is C8H13NO8. The summed E-state index contributed by atoms with van der Waals surface area (Å²) in [4.78, 5) is 19.8. The van der Waals surface area contributed by atoms with Crippen LogP contribution in [0.4, 0.5) is 0 Å². The average molecular weight is 251 g/mol. The molecule has 0 saturated carbocycles. The molecule has 0 unspecified atom stereocenters.